The van der Waals surface area contributed by atoms with Crippen molar-refractivity contribution in [2.45, 2.75) is 38.8 Å². The highest BCUT2D eigenvalue weighted by Crippen LogP contribution is 2.12. The van der Waals surface area contributed by atoms with Gasteiger partial charge in [-0.15, -0.1) is 11.3 Å². The van der Waals surface area contributed by atoms with Gasteiger partial charge in [-0.3, -0.25) is 11.3 Å². The predicted octanol–water partition coefficient (Wildman–Crippen LogP) is 1.94. The van der Waals surface area contributed by atoms with Gasteiger partial charge in [0.05, 0.1) is 12.7 Å². The lowest BCUT2D eigenvalue weighted by molar-refractivity contribution is 0.0597. The smallest absolute Gasteiger partial charge is 0.0636 e. The van der Waals surface area contributed by atoms with Crippen LogP contribution in [0.25, 0.3) is 0 Å². The largest absolute Gasteiger partial charge is 0.377 e. The van der Waals surface area contributed by atoms with E-state index in [1.807, 2.05) is 13.8 Å². The molecule has 3 nitrogen and oxygen atoms in total. The molecule has 1 unspecified atom stereocenters. The van der Waals surface area contributed by atoms with E-state index in [4.69, 9.17) is 10.6 Å². The molecule has 1 aromatic heterocycles. The Morgan fingerprint density at radius 1 is 1.53 bits per heavy atom. The van der Waals surface area contributed by atoms with Crippen molar-refractivity contribution in [3.05, 3.63) is 22.4 Å². The highest BCUT2D eigenvalue weighted by Gasteiger charge is 2.08. The minimum absolute atomic E-state index is 0.245. The Hall–Kier alpha value is -0.420. The highest BCUT2D eigenvalue weighted by molar-refractivity contribution is 7.09. The van der Waals surface area contributed by atoms with Gasteiger partial charge in [0.15, 0.2) is 0 Å². The topological polar surface area (TPSA) is 47.3 Å². The second-order valence-corrected chi connectivity index (χ2v) is 4.90. The molecular weight excluding hydrogens is 208 g/mol. The highest BCUT2D eigenvalue weighted by atomic mass is 32.1. The summed E-state index contributed by atoms with van der Waals surface area (Å²) in [5.74, 6) is 5.47. The maximum absolute atomic E-state index is 5.53. The molecule has 0 aliphatic heterocycles. The van der Waals surface area contributed by atoms with Crippen molar-refractivity contribution in [1.29, 1.82) is 0 Å². The summed E-state index contributed by atoms with van der Waals surface area (Å²) in [5, 5.41) is 2.10. The molecule has 4 heteroatoms. The summed E-state index contributed by atoms with van der Waals surface area (Å²) < 4.78 is 5.53. The van der Waals surface area contributed by atoms with Gasteiger partial charge in [-0.1, -0.05) is 6.07 Å². The Bertz CT molecular complexity index is 249. The number of hydrogen-bond acceptors (Lipinski definition) is 4. The van der Waals surface area contributed by atoms with E-state index in [0.29, 0.717) is 6.61 Å². The molecule has 0 saturated heterocycles. The number of ether oxygens (including phenoxy) is 1. The first-order chi connectivity index (χ1) is 7.22. The summed E-state index contributed by atoms with van der Waals surface area (Å²) in [6, 6.07) is 4.48. The number of aryl methyl sites for hydroxylation is 1. The summed E-state index contributed by atoms with van der Waals surface area (Å²) in [5.41, 5.74) is 2.80. The average Bonchev–Trinajstić information content (AvgIpc) is 2.70. The average molecular weight is 228 g/mol. The fraction of sp³-hybridized carbons (Fsp3) is 0.636. The van der Waals surface area contributed by atoms with Gasteiger partial charge in [0.1, 0.15) is 0 Å². The summed E-state index contributed by atoms with van der Waals surface area (Å²) in [6.07, 6.45) is 2.35. The van der Waals surface area contributed by atoms with Crippen LogP contribution in [0.2, 0.25) is 0 Å². The third-order valence-electron chi connectivity index (χ3n) is 2.19. The van der Waals surface area contributed by atoms with E-state index in [1.54, 1.807) is 11.3 Å². The van der Waals surface area contributed by atoms with E-state index in [9.17, 15) is 0 Å². The molecule has 0 saturated carbocycles. The maximum Gasteiger partial charge on any atom is 0.0636 e. The van der Waals surface area contributed by atoms with Crippen LogP contribution in [0.5, 0.6) is 0 Å². The van der Waals surface area contributed by atoms with Crippen LogP contribution in [0.15, 0.2) is 17.5 Å². The first kappa shape index (κ1) is 12.6. The lowest BCUT2D eigenvalue weighted by atomic mass is 10.1. The van der Waals surface area contributed by atoms with Crippen LogP contribution in [-0.2, 0) is 11.2 Å². The standard InChI is InChI=1S/C11H20N2OS/c1-9(2)14-8-10(13-12)5-6-11-4-3-7-15-11/h3-4,7,9-10,13H,5-6,8,12H2,1-2H3. The molecule has 0 aliphatic rings. The van der Waals surface area contributed by atoms with Crippen LogP contribution >= 0.6 is 11.3 Å². The number of rotatable bonds is 7. The molecule has 0 aliphatic carbocycles. The van der Waals surface area contributed by atoms with Gasteiger partial charge in [-0.2, -0.15) is 0 Å². The van der Waals surface area contributed by atoms with E-state index >= 15 is 0 Å². The second-order valence-electron chi connectivity index (χ2n) is 3.86. The van der Waals surface area contributed by atoms with E-state index in [0.717, 1.165) is 12.8 Å². The zero-order chi connectivity index (χ0) is 11.1. The normalized spacial score (nSPS) is 13.3. The van der Waals surface area contributed by atoms with E-state index < -0.39 is 0 Å². The van der Waals surface area contributed by atoms with Crippen molar-refractivity contribution >= 4 is 11.3 Å². The number of thiophene rings is 1. The van der Waals surface area contributed by atoms with Crippen molar-refractivity contribution in [2.24, 2.45) is 5.84 Å². The van der Waals surface area contributed by atoms with Gasteiger partial charge in [0.25, 0.3) is 0 Å². The zero-order valence-corrected chi connectivity index (χ0v) is 10.2. The Balaban J connectivity index is 2.22. The predicted molar refractivity (Wildman–Crippen MR) is 64.8 cm³/mol. The molecule has 0 spiro atoms. The molecule has 0 aromatic carbocycles. The van der Waals surface area contributed by atoms with Crippen LogP contribution < -0.4 is 11.3 Å². The van der Waals surface area contributed by atoms with Crippen LogP contribution in [0.4, 0.5) is 0 Å². The quantitative estimate of drug-likeness (QED) is 0.554. The van der Waals surface area contributed by atoms with Crippen molar-refractivity contribution in [2.75, 3.05) is 6.61 Å². The number of nitrogens with one attached hydrogen (secondary N) is 1. The Morgan fingerprint density at radius 2 is 2.33 bits per heavy atom. The molecule has 0 radical (unpaired) electrons. The van der Waals surface area contributed by atoms with Crippen LogP contribution in [0.1, 0.15) is 25.1 Å². The third kappa shape index (κ3) is 5.28. The Kier molecular flexibility index (Phi) is 5.86. The molecule has 1 heterocycles. The molecule has 3 N–H and O–H groups in total. The molecule has 1 aromatic rings. The molecule has 15 heavy (non-hydrogen) atoms. The Labute approximate surface area is 95.6 Å². The molecule has 0 fully saturated rings. The van der Waals surface area contributed by atoms with E-state index in [2.05, 4.69) is 22.9 Å². The van der Waals surface area contributed by atoms with E-state index in [-0.39, 0.29) is 12.1 Å². The minimum Gasteiger partial charge on any atom is -0.377 e. The number of nitrogens with two attached hydrogens (primary N) is 1. The number of hydrogen-bond donors (Lipinski definition) is 2. The molecular formula is C11H20N2OS. The summed E-state index contributed by atoms with van der Waals surface area (Å²) in [4.78, 5) is 1.40. The second kappa shape index (κ2) is 6.95. The molecule has 0 bridgehead atoms. The van der Waals surface area contributed by atoms with Crippen LogP contribution in [0, 0.1) is 0 Å². The molecule has 1 atom stereocenters. The van der Waals surface area contributed by atoms with Gasteiger partial charge >= 0.3 is 0 Å². The maximum atomic E-state index is 5.53. The fourth-order valence-corrected chi connectivity index (χ4v) is 2.02. The summed E-state index contributed by atoms with van der Waals surface area (Å²) in [6.45, 7) is 4.75. The van der Waals surface area contributed by atoms with Crippen molar-refractivity contribution in [1.82, 2.24) is 5.43 Å². The van der Waals surface area contributed by atoms with Crippen LogP contribution in [0.3, 0.4) is 0 Å². The summed E-state index contributed by atoms with van der Waals surface area (Å²) >= 11 is 1.79. The van der Waals surface area contributed by atoms with Gasteiger partial charge in [0.2, 0.25) is 0 Å². The van der Waals surface area contributed by atoms with Crippen molar-refractivity contribution < 1.29 is 4.74 Å². The SMILES string of the molecule is CC(C)OCC(CCc1cccs1)NN. The molecule has 86 valence electrons. The minimum atomic E-state index is 0.245. The zero-order valence-electron chi connectivity index (χ0n) is 9.40. The molecule has 1 rings (SSSR count). The van der Waals surface area contributed by atoms with E-state index in [1.165, 1.54) is 4.88 Å². The van der Waals surface area contributed by atoms with Gasteiger partial charge < -0.3 is 4.74 Å². The number of hydrazine groups is 1. The van der Waals surface area contributed by atoms with Gasteiger partial charge in [0, 0.05) is 10.9 Å². The summed E-state index contributed by atoms with van der Waals surface area (Å²) in [7, 11) is 0. The van der Waals surface area contributed by atoms with Gasteiger partial charge in [-0.25, -0.2) is 0 Å². The third-order valence-corrected chi connectivity index (χ3v) is 3.12. The Morgan fingerprint density at radius 3 is 2.87 bits per heavy atom. The lowest BCUT2D eigenvalue weighted by Gasteiger charge is -2.17. The van der Waals surface area contributed by atoms with Crippen molar-refractivity contribution in [3.8, 4) is 0 Å². The lowest BCUT2D eigenvalue weighted by Crippen LogP contribution is -2.39. The monoisotopic (exact) mass is 228 g/mol. The van der Waals surface area contributed by atoms with Crippen LogP contribution in [-0.4, -0.2) is 18.8 Å². The van der Waals surface area contributed by atoms with Crippen molar-refractivity contribution in [3.63, 3.8) is 0 Å². The first-order valence-corrected chi connectivity index (χ1v) is 6.20. The fourth-order valence-electron chi connectivity index (χ4n) is 1.29. The van der Waals surface area contributed by atoms with Gasteiger partial charge in [-0.05, 0) is 38.1 Å². The first-order valence-electron chi connectivity index (χ1n) is 5.32. The molecule has 0 amide bonds.